The van der Waals surface area contributed by atoms with Gasteiger partial charge in [-0.15, -0.1) is 0 Å². The van der Waals surface area contributed by atoms with E-state index in [2.05, 4.69) is 21.9 Å². The Morgan fingerprint density at radius 2 is 1.79 bits per heavy atom. The van der Waals surface area contributed by atoms with Crippen molar-refractivity contribution >= 4 is 17.2 Å². The van der Waals surface area contributed by atoms with Gasteiger partial charge in [0.15, 0.2) is 11.5 Å². The quantitative estimate of drug-likeness (QED) is 0.414. The molecule has 0 bridgehead atoms. The lowest BCUT2D eigenvalue weighted by molar-refractivity contribution is -0.386. The molecule has 0 radical (unpaired) electrons. The molecule has 148 valence electrons. The largest absolute Gasteiger partial charge is 0.484 e. The summed E-state index contributed by atoms with van der Waals surface area (Å²) in [5, 5.41) is 11.3. The van der Waals surface area contributed by atoms with E-state index in [1.54, 1.807) is 19.9 Å². The molecule has 7 heteroatoms. The van der Waals surface area contributed by atoms with Gasteiger partial charge in [-0.3, -0.25) is 19.8 Å². The number of nitro benzene ring substituents is 1. The molecule has 0 spiro atoms. The van der Waals surface area contributed by atoms with Gasteiger partial charge in [0.05, 0.1) is 17.6 Å². The molecule has 1 heterocycles. The number of carbonyl (C=O) groups excluding carboxylic acids is 1. The number of rotatable bonds is 7. The molecular weight excluding hydrogens is 358 g/mol. The highest BCUT2D eigenvalue weighted by molar-refractivity contribution is 5.98. The molecule has 2 aromatic carbocycles. The van der Waals surface area contributed by atoms with Crippen LogP contribution in [0.3, 0.4) is 0 Å². The number of Topliss-reactive ketones (excluding diaryl/α,β-unsaturated/α-hetero) is 1. The van der Waals surface area contributed by atoms with Crippen molar-refractivity contribution in [3.05, 3.63) is 64.2 Å². The normalized spacial score (nSPS) is 14.9. The fourth-order valence-electron chi connectivity index (χ4n) is 3.28. The highest BCUT2D eigenvalue weighted by Crippen LogP contribution is 2.29. The first kappa shape index (κ1) is 19.8. The molecule has 3 rings (SSSR count). The number of carbonyl (C=O) groups is 1. The van der Waals surface area contributed by atoms with Crippen LogP contribution in [0.2, 0.25) is 0 Å². The van der Waals surface area contributed by atoms with Gasteiger partial charge in [-0.25, -0.2) is 0 Å². The van der Waals surface area contributed by atoms with Crippen LogP contribution in [-0.2, 0) is 0 Å². The monoisotopic (exact) mass is 383 g/mol. The molecule has 0 amide bonds. The standard InChI is InChI=1S/C21H25N3O4/c1-16(2)28-21-9-8-17(14-19(21)24(26)27)20(25)15-22-10-12-23(13-11-22)18-6-4-3-5-7-18/h3-9,14,16H,10-13,15H2,1-2H3. The predicted molar refractivity (Wildman–Crippen MR) is 108 cm³/mol. The fourth-order valence-corrected chi connectivity index (χ4v) is 3.28. The third kappa shape index (κ3) is 4.86. The van der Waals surface area contributed by atoms with Gasteiger partial charge < -0.3 is 9.64 Å². The Bertz CT molecular complexity index is 831. The van der Waals surface area contributed by atoms with Crippen molar-refractivity contribution in [3.8, 4) is 5.75 Å². The zero-order valence-electron chi connectivity index (χ0n) is 16.2. The minimum absolute atomic E-state index is 0.118. The van der Waals surface area contributed by atoms with Gasteiger partial charge in [-0.2, -0.15) is 0 Å². The van der Waals surface area contributed by atoms with Crippen molar-refractivity contribution in [2.24, 2.45) is 0 Å². The first-order valence-electron chi connectivity index (χ1n) is 9.44. The zero-order chi connectivity index (χ0) is 20.1. The molecule has 28 heavy (non-hydrogen) atoms. The maximum Gasteiger partial charge on any atom is 0.311 e. The summed E-state index contributed by atoms with van der Waals surface area (Å²) in [5.74, 6) is 0.0698. The van der Waals surface area contributed by atoms with Crippen molar-refractivity contribution in [1.82, 2.24) is 4.90 Å². The van der Waals surface area contributed by atoms with Crippen LogP contribution in [0.25, 0.3) is 0 Å². The first-order chi connectivity index (χ1) is 13.4. The molecule has 0 saturated carbocycles. The van der Waals surface area contributed by atoms with Crippen LogP contribution in [0.15, 0.2) is 48.5 Å². The second-order valence-electron chi connectivity index (χ2n) is 7.13. The van der Waals surface area contributed by atoms with Gasteiger partial charge in [0.25, 0.3) is 0 Å². The Morgan fingerprint density at radius 1 is 1.11 bits per heavy atom. The molecule has 0 aliphatic carbocycles. The third-order valence-corrected chi connectivity index (χ3v) is 4.70. The average Bonchev–Trinajstić information content (AvgIpc) is 2.69. The van der Waals surface area contributed by atoms with Crippen molar-refractivity contribution in [3.63, 3.8) is 0 Å². The van der Waals surface area contributed by atoms with Crippen LogP contribution in [-0.4, -0.2) is 54.4 Å². The smallest absolute Gasteiger partial charge is 0.311 e. The van der Waals surface area contributed by atoms with Crippen LogP contribution >= 0.6 is 0 Å². The number of ketones is 1. The number of nitrogens with zero attached hydrogens (tertiary/aromatic N) is 3. The molecule has 2 aromatic rings. The molecule has 7 nitrogen and oxygen atoms in total. The van der Waals surface area contributed by atoms with E-state index in [4.69, 9.17) is 4.74 Å². The fraction of sp³-hybridized carbons (Fsp3) is 0.381. The summed E-state index contributed by atoms with van der Waals surface area (Å²) in [5.41, 5.74) is 1.35. The molecule has 0 N–H and O–H groups in total. The third-order valence-electron chi connectivity index (χ3n) is 4.70. The Balaban J connectivity index is 1.62. The lowest BCUT2D eigenvalue weighted by Crippen LogP contribution is -2.48. The lowest BCUT2D eigenvalue weighted by Gasteiger charge is -2.35. The molecule has 0 unspecified atom stereocenters. The van der Waals surface area contributed by atoms with Gasteiger partial charge in [0.2, 0.25) is 0 Å². The summed E-state index contributed by atoms with van der Waals surface area (Å²) in [7, 11) is 0. The minimum atomic E-state index is -0.507. The van der Waals surface area contributed by atoms with Crippen molar-refractivity contribution < 1.29 is 14.5 Å². The molecule has 1 aliphatic heterocycles. The van der Waals surface area contributed by atoms with E-state index in [1.165, 1.54) is 17.8 Å². The van der Waals surface area contributed by atoms with Crippen LogP contribution in [0.5, 0.6) is 5.75 Å². The number of ether oxygens (including phenoxy) is 1. The molecule has 0 atom stereocenters. The van der Waals surface area contributed by atoms with Crippen molar-refractivity contribution in [2.75, 3.05) is 37.6 Å². The van der Waals surface area contributed by atoms with E-state index in [0.717, 1.165) is 26.2 Å². The van der Waals surface area contributed by atoms with Crippen LogP contribution in [0.4, 0.5) is 11.4 Å². The molecule has 0 aromatic heterocycles. The topological polar surface area (TPSA) is 75.9 Å². The Hall–Kier alpha value is -2.93. The minimum Gasteiger partial charge on any atom is -0.484 e. The average molecular weight is 383 g/mol. The van der Waals surface area contributed by atoms with E-state index in [0.29, 0.717) is 5.56 Å². The summed E-state index contributed by atoms with van der Waals surface area (Å²) in [6.45, 7) is 7.10. The van der Waals surface area contributed by atoms with Gasteiger partial charge in [0, 0.05) is 43.5 Å². The lowest BCUT2D eigenvalue weighted by atomic mass is 10.1. The van der Waals surface area contributed by atoms with Gasteiger partial charge in [-0.1, -0.05) is 18.2 Å². The van der Waals surface area contributed by atoms with E-state index >= 15 is 0 Å². The summed E-state index contributed by atoms with van der Waals surface area (Å²) >= 11 is 0. The highest BCUT2D eigenvalue weighted by Gasteiger charge is 2.23. The van der Waals surface area contributed by atoms with Crippen molar-refractivity contribution in [2.45, 2.75) is 20.0 Å². The molecule has 1 fully saturated rings. The maximum absolute atomic E-state index is 12.7. The van der Waals surface area contributed by atoms with Gasteiger partial charge in [-0.05, 0) is 38.1 Å². The van der Waals surface area contributed by atoms with Gasteiger partial charge >= 0.3 is 5.69 Å². The van der Waals surface area contributed by atoms with E-state index in [-0.39, 0.29) is 29.9 Å². The second-order valence-corrected chi connectivity index (χ2v) is 7.13. The number of para-hydroxylation sites is 1. The summed E-state index contributed by atoms with van der Waals surface area (Å²) in [6.07, 6.45) is -0.179. The second kappa shape index (κ2) is 8.84. The molecular formula is C21H25N3O4. The number of hydrogen-bond donors (Lipinski definition) is 0. The number of nitro groups is 1. The number of hydrogen-bond acceptors (Lipinski definition) is 6. The zero-order valence-corrected chi connectivity index (χ0v) is 16.2. The van der Waals surface area contributed by atoms with E-state index in [9.17, 15) is 14.9 Å². The van der Waals surface area contributed by atoms with Crippen LogP contribution in [0, 0.1) is 10.1 Å². The van der Waals surface area contributed by atoms with Gasteiger partial charge in [0.1, 0.15) is 0 Å². The van der Waals surface area contributed by atoms with E-state index in [1.807, 2.05) is 18.2 Å². The Labute approximate surface area is 164 Å². The Morgan fingerprint density at radius 3 is 2.39 bits per heavy atom. The highest BCUT2D eigenvalue weighted by atomic mass is 16.6. The molecule has 1 saturated heterocycles. The number of piperazine rings is 1. The molecule has 1 aliphatic rings. The summed E-state index contributed by atoms with van der Waals surface area (Å²) in [6, 6.07) is 14.6. The van der Waals surface area contributed by atoms with Crippen molar-refractivity contribution in [1.29, 1.82) is 0 Å². The van der Waals surface area contributed by atoms with E-state index < -0.39 is 4.92 Å². The first-order valence-corrected chi connectivity index (χ1v) is 9.44. The van der Waals surface area contributed by atoms with Crippen LogP contribution < -0.4 is 9.64 Å². The summed E-state index contributed by atoms with van der Waals surface area (Å²) < 4.78 is 5.48. The number of anilines is 1. The summed E-state index contributed by atoms with van der Waals surface area (Å²) in [4.78, 5) is 27.9. The SMILES string of the molecule is CC(C)Oc1ccc(C(=O)CN2CCN(c3ccccc3)CC2)cc1[N+](=O)[O-]. The predicted octanol–water partition coefficient (Wildman–Crippen LogP) is 3.39. The number of benzene rings is 2. The van der Waals surface area contributed by atoms with Crippen LogP contribution in [0.1, 0.15) is 24.2 Å². The Kier molecular flexibility index (Phi) is 6.26. The maximum atomic E-state index is 12.7.